The molecular weight excluding hydrogens is 248 g/mol. The van der Waals surface area contributed by atoms with Crippen molar-refractivity contribution >= 4 is 5.91 Å². The van der Waals surface area contributed by atoms with Gasteiger partial charge in [-0.2, -0.15) is 0 Å². The van der Waals surface area contributed by atoms with Crippen molar-refractivity contribution in [3.05, 3.63) is 35.4 Å². The van der Waals surface area contributed by atoms with Gasteiger partial charge in [0.2, 0.25) is 0 Å². The lowest BCUT2D eigenvalue weighted by Crippen LogP contribution is -2.26. The summed E-state index contributed by atoms with van der Waals surface area (Å²) in [6, 6.07) is 7.74. The van der Waals surface area contributed by atoms with Crippen LogP contribution >= 0.6 is 0 Å². The first-order valence-corrected chi connectivity index (χ1v) is 7.87. The van der Waals surface area contributed by atoms with E-state index in [-0.39, 0.29) is 5.91 Å². The van der Waals surface area contributed by atoms with Gasteiger partial charge in [-0.15, -0.1) is 0 Å². The molecular formula is C17H26N2O. The summed E-state index contributed by atoms with van der Waals surface area (Å²) < 4.78 is 0. The van der Waals surface area contributed by atoms with E-state index in [2.05, 4.69) is 5.32 Å². The zero-order valence-corrected chi connectivity index (χ0v) is 12.2. The number of rotatable bonds is 7. The molecule has 0 spiro atoms. The van der Waals surface area contributed by atoms with Gasteiger partial charge in [0.05, 0.1) is 0 Å². The number of carbonyl (C=O) groups excluding carboxylic acids is 1. The number of nitrogens with one attached hydrogen (secondary N) is 1. The van der Waals surface area contributed by atoms with E-state index in [1.165, 1.54) is 32.1 Å². The topological polar surface area (TPSA) is 55.1 Å². The van der Waals surface area contributed by atoms with Crippen LogP contribution in [0.3, 0.4) is 0 Å². The molecule has 1 saturated carbocycles. The van der Waals surface area contributed by atoms with Crippen LogP contribution in [0.2, 0.25) is 0 Å². The summed E-state index contributed by atoms with van der Waals surface area (Å²) in [5.41, 5.74) is 7.41. The summed E-state index contributed by atoms with van der Waals surface area (Å²) in [5, 5.41) is 3.04. The van der Waals surface area contributed by atoms with Crippen LogP contribution in [-0.4, -0.2) is 19.0 Å². The molecule has 1 amide bonds. The van der Waals surface area contributed by atoms with E-state index in [9.17, 15) is 4.79 Å². The van der Waals surface area contributed by atoms with E-state index in [1.807, 2.05) is 24.3 Å². The van der Waals surface area contributed by atoms with E-state index in [1.54, 1.807) is 0 Å². The second kappa shape index (κ2) is 8.05. The number of carbonyl (C=O) groups is 1. The average molecular weight is 274 g/mol. The van der Waals surface area contributed by atoms with Crippen molar-refractivity contribution in [3.63, 3.8) is 0 Å². The standard InChI is InChI=1S/C17H26N2O/c18-12-11-15-9-3-4-10-16(15)17(20)19-13-5-8-14-6-1-2-7-14/h3-4,9-10,14H,1-2,5-8,11-13,18H2,(H,19,20). The highest BCUT2D eigenvalue weighted by atomic mass is 16.1. The van der Waals surface area contributed by atoms with Gasteiger partial charge in [-0.25, -0.2) is 0 Å². The Kier molecular flexibility index (Phi) is 6.06. The van der Waals surface area contributed by atoms with Crippen molar-refractivity contribution in [2.75, 3.05) is 13.1 Å². The zero-order valence-electron chi connectivity index (χ0n) is 12.2. The smallest absolute Gasteiger partial charge is 0.251 e. The number of hydrogen-bond donors (Lipinski definition) is 2. The number of benzene rings is 1. The second-order valence-corrected chi connectivity index (χ2v) is 5.74. The molecule has 0 unspecified atom stereocenters. The summed E-state index contributed by atoms with van der Waals surface area (Å²) in [4.78, 5) is 12.2. The van der Waals surface area contributed by atoms with Gasteiger partial charge in [-0.05, 0) is 43.4 Å². The van der Waals surface area contributed by atoms with Gasteiger partial charge < -0.3 is 11.1 Å². The Morgan fingerprint density at radius 1 is 1.25 bits per heavy atom. The average Bonchev–Trinajstić information content (AvgIpc) is 2.97. The molecule has 1 aromatic carbocycles. The van der Waals surface area contributed by atoms with E-state index in [0.717, 1.165) is 36.4 Å². The van der Waals surface area contributed by atoms with Crippen LogP contribution < -0.4 is 11.1 Å². The molecule has 0 bridgehead atoms. The molecule has 20 heavy (non-hydrogen) atoms. The molecule has 0 atom stereocenters. The minimum atomic E-state index is 0.0421. The van der Waals surface area contributed by atoms with E-state index in [0.29, 0.717) is 6.54 Å². The molecule has 0 aliphatic heterocycles. The summed E-state index contributed by atoms with van der Waals surface area (Å²) in [5.74, 6) is 0.942. The van der Waals surface area contributed by atoms with Crippen molar-refractivity contribution in [2.24, 2.45) is 11.7 Å². The largest absolute Gasteiger partial charge is 0.352 e. The minimum Gasteiger partial charge on any atom is -0.352 e. The maximum atomic E-state index is 12.2. The Balaban J connectivity index is 1.76. The summed E-state index contributed by atoms with van der Waals surface area (Å²) in [6.07, 6.45) is 8.65. The lowest BCUT2D eigenvalue weighted by atomic mass is 10.0. The van der Waals surface area contributed by atoms with Gasteiger partial charge in [0.1, 0.15) is 0 Å². The predicted molar refractivity (Wildman–Crippen MR) is 82.7 cm³/mol. The van der Waals surface area contributed by atoms with Crippen molar-refractivity contribution in [1.29, 1.82) is 0 Å². The highest BCUT2D eigenvalue weighted by Gasteiger charge is 2.14. The summed E-state index contributed by atoms with van der Waals surface area (Å²) in [7, 11) is 0. The maximum Gasteiger partial charge on any atom is 0.251 e. The second-order valence-electron chi connectivity index (χ2n) is 5.74. The van der Waals surface area contributed by atoms with Gasteiger partial charge in [0.25, 0.3) is 5.91 Å². The third-order valence-electron chi connectivity index (χ3n) is 4.23. The molecule has 1 fully saturated rings. The normalized spacial score (nSPS) is 15.4. The first kappa shape index (κ1) is 15.0. The van der Waals surface area contributed by atoms with Crippen molar-refractivity contribution in [1.82, 2.24) is 5.32 Å². The van der Waals surface area contributed by atoms with Crippen LogP contribution in [0.4, 0.5) is 0 Å². The third-order valence-corrected chi connectivity index (χ3v) is 4.23. The minimum absolute atomic E-state index is 0.0421. The van der Waals surface area contributed by atoms with Gasteiger partial charge >= 0.3 is 0 Å². The maximum absolute atomic E-state index is 12.2. The Hall–Kier alpha value is -1.35. The Labute approximate surface area is 121 Å². The van der Waals surface area contributed by atoms with E-state index >= 15 is 0 Å². The van der Waals surface area contributed by atoms with Crippen LogP contribution in [0.1, 0.15) is 54.4 Å². The molecule has 1 aliphatic carbocycles. The van der Waals surface area contributed by atoms with Crippen LogP contribution in [0, 0.1) is 5.92 Å². The number of hydrogen-bond acceptors (Lipinski definition) is 2. The molecule has 2 rings (SSSR count). The van der Waals surface area contributed by atoms with Gasteiger partial charge in [-0.1, -0.05) is 43.9 Å². The van der Waals surface area contributed by atoms with Gasteiger partial charge in [0, 0.05) is 12.1 Å². The molecule has 1 aliphatic rings. The monoisotopic (exact) mass is 274 g/mol. The molecule has 110 valence electrons. The van der Waals surface area contributed by atoms with Crippen LogP contribution in [-0.2, 0) is 6.42 Å². The highest BCUT2D eigenvalue weighted by molar-refractivity contribution is 5.95. The molecule has 3 heteroatoms. The molecule has 1 aromatic rings. The molecule has 0 aromatic heterocycles. The lowest BCUT2D eigenvalue weighted by Gasteiger charge is -2.11. The van der Waals surface area contributed by atoms with Crippen LogP contribution in [0.25, 0.3) is 0 Å². The van der Waals surface area contributed by atoms with Crippen molar-refractivity contribution in [3.8, 4) is 0 Å². The SMILES string of the molecule is NCCc1ccccc1C(=O)NCCCC1CCCC1. The molecule has 3 nitrogen and oxygen atoms in total. The summed E-state index contributed by atoms with van der Waals surface area (Å²) in [6.45, 7) is 1.36. The van der Waals surface area contributed by atoms with E-state index < -0.39 is 0 Å². The lowest BCUT2D eigenvalue weighted by molar-refractivity contribution is 0.0951. The fraction of sp³-hybridized carbons (Fsp3) is 0.588. The molecule has 0 radical (unpaired) electrons. The highest BCUT2D eigenvalue weighted by Crippen LogP contribution is 2.28. The Morgan fingerprint density at radius 2 is 2.00 bits per heavy atom. The third kappa shape index (κ3) is 4.34. The molecule has 3 N–H and O–H groups in total. The summed E-state index contributed by atoms with van der Waals surface area (Å²) >= 11 is 0. The molecule has 0 saturated heterocycles. The van der Waals surface area contributed by atoms with Crippen LogP contribution in [0.15, 0.2) is 24.3 Å². The Morgan fingerprint density at radius 3 is 2.75 bits per heavy atom. The van der Waals surface area contributed by atoms with Crippen LogP contribution in [0.5, 0.6) is 0 Å². The fourth-order valence-corrected chi connectivity index (χ4v) is 3.10. The first-order valence-electron chi connectivity index (χ1n) is 7.87. The van der Waals surface area contributed by atoms with Gasteiger partial charge in [-0.3, -0.25) is 4.79 Å². The van der Waals surface area contributed by atoms with E-state index in [4.69, 9.17) is 5.73 Å². The number of nitrogens with two attached hydrogens (primary N) is 1. The predicted octanol–water partition coefficient (Wildman–Crippen LogP) is 2.89. The van der Waals surface area contributed by atoms with Gasteiger partial charge in [0.15, 0.2) is 0 Å². The molecule has 0 heterocycles. The fourth-order valence-electron chi connectivity index (χ4n) is 3.10. The first-order chi connectivity index (χ1) is 9.81. The quantitative estimate of drug-likeness (QED) is 0.751. The zero-order chi connectivity index (χ0) is 14.2. The van der Waals surface area contributed by atoms with Crippen molar-refractivity contribution in [2.45, 2.75) is 44.9 Å². The van der Waals surface area contributed by atoms with Crippen molar-refractivity contribution < 1.29 is 4.79 Å². The Bertz CT molecular complexity index is 425. The number of amides is 1.